The van der Waals surface area contributed by atoms with Crippen LogP contribution in [0.4, 0.5) is 0 Å². The predicted molar refractivity (Wildman–Crippen MR) is 71.6 cm³/mol. The standard InChI is InChI=1S/C13H16BrNO3/c1-9-2-3-11(10(14)6-9)18-7-12(17)15-13(8-16)4-5-13/h2-3,6,16H,4-5,7-8H2,1H3,(H,15,17). The highest BCUT2D eigenvalue weighted by Crippen LogP contribution is 2.34. The smallest absolute Gasteiger partial charge is 0.258 e. The molecule has 0 heterocycles. The third-order valence-corrected chi connectivity index (χ3v) is 3.63. The highest BCUT2D eigenvalue weighted by molar-refractivity contribution is 9.10. The van der Waals surface area contributed by atoms with Gasteiger partial charge in [-0.2, -0.15) is 0 Å². The average Bonchev–Trinajstić information content (AvgIpc) is 3.08. The van der Waals surface area contributed by atoms with E-state index in [4.69, 9.17) is 9.84 Å². The molecule has 1 aromatic carbocycles. The Kier molecular flexibility index (Phi) is 3.92. The van der Waals surface area contributed by atoms with E-state index in [1.807, 2.05) is 25.1 Å². The van der Waals surface area contributed by atoms with E-state index >= 15 is 0 Å². The van der Waals surface area contributed by atoms with Gasteiger partial charge in [0, 0.05) is 0 Å². The van der Waals surface area contributed by atoms with Gasteiger partial charge < -0.3 is 15.2 Å². The number of aryl methyl sites for hydroxylation is 1. The van der Waals surface area contributed by atoms with Crippen LogP contribution in [0.1, 0.15) is 18.4 Å². The molecule has 2 rings (SSSR count). The molecule has 0 saturated heterocycles. The van der Waals surface area contributed by atoms with Crippen LogP contribution < -0.4 is 10.1 Å². The molecule has 5 heteroatoms. The van der Waals surface area contributed by atoms with Gasteiger partial charge in [-0.25, -0.2) is 0 Å². The van der Waals surface area contributed by atoms with Crippen molar-refractivity contribution in [1.82, 2.24) is 5.32 Å². The minimum atomic E-state index is -0.384. The molecule has 1 aliphatic carbocycles. The van der Waals surface area contributed by atoms with Crippen LogP contribution in [-0.2, 0) is 4.79 Å². The zero-order valence-electron chi connectivity index (χ0n) is 10.2. The van der Waals surface area contributed by atoms with E-state index in [9.17, 15) is 4.79 Å². The predicted octanol–water partition coefficient (Wildman–Crippen LogP) is 1.78. The Balaban J connectivity index is 1.85. The summed E-state index contributed by atoms with van der Waals surface area (Å²) < 4.78 is 6.26. The van der Waals surface area contributed by atoms with Crippen molar-refractivity contribution in [2.24, 2.45) is 0 Å². The number of ether oxygens (including phenoxy) is 1. The van der Waals surface area contributed by atoms with Crippen molar-refractivity contribution in [3.05, 3.63) is 28.2 Å². The highest BCUT2D eigenvalue weighted by Gasteiger charge is 2.43. The Hall–Kier alpha value is -1.07. The van der Waals surface area contributed by atoms with Gasteiger partial charge in [0.15, 0.2) is 6.61 Å². The third kappa shape index (κ3) is 3.23. The van der Waals surface area contributed by atoms with Gasteiger partial charge in [0.1, 0.15) is 5.75 Å². The number of carbonyl (C=O) groups is 1. The molecule has 18 heavy (non-hydrogen) atoms. The number of aliphatic hydroxyl groups is 1. The SMILES string of the molecule is Cc1ccc(OCC(=O)NC2(CO)CC2)c(Br)c1. The molecular formula is C13H16BrNO3. The molecule has 1 aliphatic rings. The number of hydrogen-bond donors (Lipinski definition) is 2. The third-order valence-electron chi connectivity index (χ3n) is 3.01. The maximum Gasteiger partial charge on any atom is 0.258 e. The van der Waals surface area contributed by atoms with Crippen molar-refractivity contribution in [2.75, 3.05) is 13.2 Å². The lowest BCUT2D eigenvalue weighted by atomic mass is 10.2. The van der Waals surface area contributed by atoms with Gasteiger partial charge in [-0.1, -0.05) is 6.07 Å². The lowest BCUT2D eigenvalue weighted by Crippen LogP contribution is -2.42. The first-order chi connectivity index (χ1) is 8.54. The molecule has 98 valence electrons. The minimum Gasteiger partial charge on any atom is -0.483 e. The highest BCUT2D eigenvalue weighted by atomic mass is 79.9. The van der Waals surface area contributed by atoms with Crippen LogP contribution in [0.15, 0.2) is 22.7 Å². The molecule has 1 fully saturated rings. The van der Waals surface area contributed by atoms with Gasteiger partial charge in [0.25, 0.3) is 5.91 Å². The Labute approximate surface area is 114 Å². The summed E-state index contributed by atoms with van der Waals surface area (Å²) in [7, 11) is 0. The van der Waals surface area contributed by atoms with E-state index in [1.165, 1.54) is 0 Å². The number of benzene rings is 1. The van der Waals surface area contributed by atoms with Crippen molar-refractivity contribution >= 4 is 21.8 Å². The van der Waals surface area contributed by atoms with Crippen molar-refractivity contribution in [3.63, 3.8) is 0 Å². The lowest BCUT2D eigenvalue weighted by Gasteiger charge is -2.15. The molecule has 1 amide bonds. The van der Waals surface area contributed by atoms with E-state index in [1.54, 1.807) is 0 Å². The first kappa shape index (κ1) is 13.4. The Morgan fingerprint density at radius 1 is 1.56 bits per heavy atom. The van der Waals surface area contributed by atoms with Crippen LogP contribution in [0.2, 0.25) is 0 Å². The summed E-state index contributed by atoms with van der Waals surface area (Å²) in [5.74, 6) is 0.443. The van der Waals surface area contributed by atoms with Gasteiger partial charge in [-0.15, -0.1) is 0 Å². The van der Waals surface area contributed by atoms with Crippen LogP contribution in [0.3, 0.4) is 0 Å². The van der Waals surface area contributed by atoms with Crippen molar-refractivity contribution in [3.8, 4) is 5.75 Å². The molecule has 0 radical (unpaired) electrons. The zero-order chi connectivity index (χ0) is 13.2. The van der Waals surface area contributed by atoms with E-state index in [0.717, 1.165) is 22.9 Å². The number of hydrogen-bond acceptors (Lipinski definition) is 3. The van der Waals surface area contributed by atoms with E-state index in [2.05, 4.69) is 21.2 Å². The van der Waals surface area contributed by atoms with Crippen LogP contribution in [-0.4, -0.2) is 29.8 Å². The van der Waals surface area contributed by atoms with Gasteiger partial charge >= 0.3 is 0 Å². The Morgan fingerprint density at radius 3 is 2.83 bits per heavy atom. The largest absolute Gasteiger partial charge is 0.483 e. The quantitative estimate of drug-likeness (QED) is 0.871. The fraction of sp³-hybridized carbons (Fsp3) is 0.462. The molecule has 0 aromatic heterocycles. The second kappa shape index (κ2) is 5.28. The fourth-order valence-electron chi connectivity index (χ4n) is 1.67. The van der Waals surface area contributed by atoms with Crippen LogP contribution in [0, 0.1) is 6.92 Å². The number of carbonyl (C=O) groups excluding carboxylic acids is 1. The number of rotatable bonds is 5. The zero-order valence-corrected chi connectivity index (χ0v) is 11.8. The lowest BCUT2D eigenvalue weighted by molar-refractivity contribution is -0.124. The number of aliphatic hydroxyl groups excluding tert-OH is 1. The topological polar surface area (TPSA) is 58.6 Å². The van der Waals surface area contributed by atoms with Crippen LogP contribution >= 0.6 is 15.9 Å². The molecule has 0 bridgehead atoms. The van der Waals surface area contributed by atoms with E-state index in [-0.39, 0.29) is 24.7 Å². The molecule has 4 nitrogen and oxygen atoms in total. The number of halogens is 1. The average molecular weight is 314 g/mol. The minimum absolute atomic E-state index is 0.00698. The number of amides is 1. The van der Waals surface area contributed by atoms with Crippen LogP contribution in [0.5, 0.6) is 5.75 Å². The summed E-state index contributed by atoms with van der Waals surface area (Å²) >= 11 is 3.39. The van der Waals surface area contributed by atoms with Gasteiger partial charge in [-0.05, 0) is 53.4 Å². The summed E-state index contributed by atoms with van der Waals surface area (Å²) in [6, 6.07) is 5.68. The Morgan fingerprint density at radius 2 is 2.28 bits per heavy atom. The summed E-state index contributed by atoms with van der Waals surface area (Å²) in [5, 5.41) is 11.9. The number of nitrogens with one attached hydrogen (secondary N) is 1. The second-order valence-corrected chi connectivity index (χ2v) is 5.56. The molecular weight excluding hydrogens is 298 g/mol. The first-order valence-electron chi connectivity index (χ1n) is 5.85. The van der Waals surface area contributed by atoms with Crippen molar-refractivity contribution < 1.29 is 14.6 Å². The summed E-state index contributed by atoms with van der Waals surface area (Å²) in [6.07, 6.45) is 1.67. The van der Waals surface area contributed by atoms with Crippen molar-refractivity contribution in [1.29, 1.82) is 0 Å². The summed E-state index contributed by atoms with van der Waals surface area (Å²) in [4.78, 5) is 11.6. The monoisotopic (exact) mass is 313 g/mol. The molecule has 0 unspecified atom stereocenters. The van der Waals surface area contributed by atoms with Gasteiger partial charge in [0.2, 0.25) is 0 Å². The van der Waals surface area contributed by atoms with Gasteiger partial charge in [-0.3, -0.25) is 4.79 Å². The maximum atomic E-state index is 11.6. The maximum absolute atomic E-state index is 11.6. The van der Waals surface area contributed by atoms with Gasteiger partial charge in [0.05, 0.1) is 16.6 Å². The first-order valence-corrected chi connectivity index (χ1v) is 6.65. The second-order valence-electron chi connectivity index (χ2n) is 4.71. The Bertz CT molecular complexity index is 458. The normalized spacial score (nSPS) is 16.2. The molecule has 2 N–H and O–H groups in total. The summed E-state index contributed by atoms with van der Waals surface area (Å²) in [5.41, 5.74) is 0.737. The van der Waals surface area contributed by atoms with E-state index in [0.29, 0.717) is 5.75 Å². The van der Waals surface area contributed by atoms with Crippen LogP contribution in [0.25, 0.3) is 0 Å². The molecule has 1 aromatic rings. The summed E-state index contributed by atoms with van der Waals surface area (Å²) in [6.45, 7) is 1.94. The molecule has 0 atom stereocenters. The van der Waals surface area contributed by atoms with E-state index < -0.39 is 0 Å². The molecule has 0 spiro atoms. The molecule has 1 saturated carbocycles. The fourth-order valence-corrected chi connectivity index (χ4v) is 2.28. The van der Waals surface area contributed by atoms with Crippen molar-refractivity contribution in [2.45, 2.75) is 25.3 Å². The molecule has 0 aliphatic heterocycles.